The van der Waals surface area contributed by atoms with Crippen molar-refractivity contribution in [2.75, 3.05) is 5.73 Å². The van der Waals surface area contributed by atoms with E-state index < -0.39 is 0 Å². The number of hydrogen-bond donors (Lipinski definition) is 3. The molecule has 142 valence electrons. The van der Waals surface area contributed by atoms with Crippen LogP contribution >= 0.6 is 0 Å². The molecule has 0 bridgehead atoms. The van der Waals surface area contributed by atoms with Crippen molar-refractivity contribution in [2.45, 2.75) is 19.9 Å². The summed E-state index contributed by atoms with van der Waals surface area (Å²) < 4.78 is 1.73. The van der Waals surface area contributed by atoms with Gasteiger partial charge in [-0.25, -0.2) is 9.97 Å². The summed E-state index contributed by atoms with van der Waals surface area (Å²) in [6.07, 6.45) is 5.40. The monoisotopic (exact) mass is 375 g/mol. The second-order valence-electron chi connectivity index (χ2n) is 7.00. The van der Waals surface area contributed by atoms with Gasteiger partial charge in [0.2, 0.25) is 0 Å². The van der Waals surface area contributed by atoms with Crippen molar-refractivity contribution in [3.63, 3.8) is 0 Å². The van der Waals surface area contributed by atoms with Gasteiger partial charge in [0.05, 0.1) is 22.8 Å². The van der Waals surface area contributed by atoms with Crippen molar-refractivity contribution < 1.29 is 4.79 Å². The van der Waals surface area contributed by atoms with Crippen molar-refractivity contribution in [3.8, 4) is 22.5 Å². The topological polar surface area (TPSA) is 115 Å². The fourth-order valence-electron chi connectivity index (χ4n) is 3.02. The minimum absolute atomic E-state index is 0.0709. The molecule has 4 rings (SSSR count). The molecule has 0 atom stereocenters. The molecule has 0 aliphatic carbocycles. The van der Waals surface area contributed by atoms with E-state index in [9.17, 15) is 4.79 Å². The molecule has 4 N–H and O–H groups in total. The minimum atomic E-state index is -0.118. The van der Waals surface area contributed by atoms with E-state index in [-0.39, 0.29) is 11.9 Å². The first kappa shape index (κ1) is 17.7. The van der Waals surface area contributed by atoms with Gasteiger partial charge in [-0.3, -0.25) is 9.48 Å². The van der Waals surface area contributed by atoms with E-state index in [1.807, 2.05) is 39.2 Å². The lowest BCUT2D eigenvalue weighted by molar-refractivity contribution is 0.0943. The van der Waals surface area contributed by atoms with Crippen LogP contribution < -0.4 is 11.1 Å². The van der Waals surface area contributed by atoms with Crippen LogP contribution in [0.4, 0.5) is 5.82 Å². The summed E-state index contributed by atoms with van der Waals surface area (Å²) >= 11 is 0. The fourth-order valence-corrected chi connectivity index (χ4v) is 3.02. The standard InChI is InChI=1S/C20H21N7O/c1-11(2)24-20(28)12-4-5-16-17(7-12)26-19(25-16)15-6-13(8-22-18(15)21)14-9-23-27(3)10-14/h4-11H,1-3H3,(H2,21,22)(H,24,28)(H,25,26). The third kappa shape index (κ3) is 3.32. The molecular formula is C20H21N7O. The van der Waals surface area contributed by atoms with Crippen LogP contribution in [0.3, 0.4) is 0 Å². The number of aromatic nitrogens is 5. The zero-order valence-corrected chi connectivity index (χ0v) is 15.9. The largest absolute Gasteiger partial charge is 0.383 e. The molecule has 0 spiro atoms. The molecule has 0 saturated carbocycles. The number of imidazole rings is 1. The van der Waals surface area contributed by atoms with E-state index in [4.69, 9.17) is 5.73 Å². The molecule has 0 radical (unpaired) electrons. The third-order valence-corrected chi connectivity index (χ3v) is 4.38. The van der Waals surface area contributed by atoms with Crippen LogP contribution in [0.5, 0.6) is 0 Å². The van der Waals surface area contributed by atoms with Crippen LogP contribution in [0.15, 0.2) is 42.9 Å². The number of anilines is 1. The molecule has 0 aliphatic heterocycles. The molecule has 3 aromatic heterocycles. The maximum atomic E-state index is 12.2. The number of hydrogen-bond acceptors (Lipinski definition) is 5. The van der Waals surface area contributed by atoms with Crippen molar-refractivity contribution in [3.05, 3.63) is 48.4 Å². The van der Waals surface area contributed by atoms with E-state index in [1.54, 1.807) is 29.2 Å². The molecule has 3 heterocycles. The number of amides is 1. The Morgan fingerprint density at radius 1 is 1.21 bits per heavy atom. The second-order valence-corrected chi connectivity index (χ2v) is 7.00. The second kappa shape index (κ2) is 6.80. The highest BCUT2D eigenvalue weighted by atomic mass is 16.1. The number of benzene rings is 1. The fraction of sp³-hybridized carbons (Fsp3) is 0.200. The van der Waals surface area contributed by atoms with Crippen LogP contribution in [0.1, 0.15) is 24.2 Å². The summed E-state index contributed by atoms with van der Waals surface area (Å²) in [5.41, 5.74) is 10.7. The number of nitrogens with zero attached hydrogens (tertiary/aromatic N) is 4. The summed E-state index contributed by atoms with van der Waals surface area (Å²) in [5, 5.41) is 7.08. The van der Waals surface area contributed by atoms with E-state index >= 15 is 0 Å². The Balaban J connectivity index is 1.74. The molecule has 4 aromatic rings. The zero-order valence-electron chi connectivity index (χ0n) is 15.9. The predicted octanol–water partition coefficient (Wildman–Crippen LogP) is 2.75. The lowest BCUT2D eigenvalue weighted by Crippen LogP contribution is -2.29. The normalized spacial score (nSPS) is 11.3. The van der Waals surface area contributed by atoms with Gasteiger partial charge < -0.3 is 16.0 Å². The summed E-state index contributed by atoms with van der Waals surface area (Å²) in [4.78, 5) is 24.4. The maximum Gasteiger partial charge on any atom is 0.251 e. The Morgan fingerprint density at radius 2 is 2.04 bits per heavy atom. The Bertz CT molecular complexity index is 1170. The molecule has 1 amide bonds. The molecule has 8 heteroatoms. The number of carbonyl (C=O) groups is 1. The summed E-state index contributed by atoms with van der Waals surface area (Å²) in [6.45, 7) is 3.85. The highest BCUT2D eigenvalue weighted by Crippen LogP contribution is 2.29. The molecule has 1 aromatic carbocycles. The van der Waals surface area contributed by atoms with Crippen molar-refractivity contribution in [1.82, 2.24) is 30.0 Å². The van der Waals surface area contributed by atoms with E-state index in [0.29, 0.717) is 22.8 Å². The number of rotatable bonds is 4. The number of nitrogens with two attached hydrogens (primary N) is 1. The van der Waals surface area contributed by atoms with Gasteiger partial charge in [-0.05, 0) is 38.1 Å². The Kier molecular flexibility index (Phi) is 4.31. The number of pyridine rings is 1. The summed E-state index contributed by atoms with van der Waals surface area (Å²) in [5.74, 6) is 0.865. The van der Waals surface area contributed by atoms with Gasteiger partial charge in [0.25, 0.3) is 5.91 Å². The van der Waals surface area contributed by atoms with E-state index in [2.05, 4.69) is 25.4 Å². The van der Waals surface area contributed by atoms with Crippen molar-refractivity contribution >= 4 is 22.8 Å². The highest BCUT2D eigenvalue weighted by Gasteiger charge is 2.14. The lowest BCUT2D eigenvalue weighted by Gasteiger charge is -2.07. The van der Waals surface area contributed by atoms with E-state index in [1.165, 1.54) is 0 Å². The highest BCUT2D eigenvalue weighted by molar-refractivity contribution is 5.98. The van der Waals surface area contributed by atoms with Gasteiger partial charge in [-0.2, -0.15) is 5.10 Å². The first-order chi connectivity index (χ1) is 13.4. The number of H-pyrrole nitrogens is 1. The van der Waals surface area contributed by atoms with Crippen LogP contribution in [0.25, 0.3) is 33.5 Å². The van der Waals surface area contributed by atoms with Gasteiger partial charge in [-0.15, -0.1) is 0 Å². The molecule has 28 heavy (non-hydrogen) atoms. The number of nitrogen functional groups attached to an aromatic ring is 1. The van der Waals surface area contributed by atoms with Gasteiger partial charge in [0, 0.05) is 42.2 Å². The van der Waals surface area contributed by atoms with Crippen molar-refractivity contribution in [2.24, 2.45) is 7.05 Å². The van der Waals surface area contributed by atoms with Crippen molar-refractivity contribution in [1.29, 1.82) is 0 Å². The number of aromatic amines is 1. The number of fused-ring (bicyclic) bond motifs is 1. The Labute approximate surface area is 161 Å². The van der Waals surface area contributed by atoms with Gasteiger partial charge in [0.1, 0.15) is 11.6 Å². The average Bonchev–Trinajstić information content (AvgIpc) is 3.27. The van der Waals surface area contributed by atoms with Crippen LogP contribution in [-0.2, 0) is 7.05 Å². The van der Waals surface area contributed by atoms with Crippen LogP contribution in [0.2, 0.25) is 0 Å². The molecule has 0 aliphatic rings. The zero-order chi connectivity index (χ0) is 19.8. The summed E-state index contributed by atoms with van der Waals surface area (Å²) in [7, 11) is 1.86. The number of nitrogens with one attached hydrogen (secondary N) is 2. The van der Waals surface area contributed by atoms with Gasteiger partial charge in [0.15, 0.2) is 0 Å². The van der Waals surface area contributed by atoms with E-state index in [0.717, 1.165) is 22.2 Å². The predicted molar refractivity (Wildman–Crippen MR) is 109 cm³/mol. The first-order valence-corrected chi connectivity index (χ1v) is 8.96. The molecular weight excluding hydrogens is 354 g/mol. The molecule has 8 nitrogen and oxygen atoms in total. The molecule has 0 unspecified atom stereocenters. The maximum absolute atomic E-state index is 12.2. The Morgan fingerprint density at radius 3 is 2.75 bits per heavy atom. The smallest absolute Gasteiger partial charge is 0.251 e. The van der Waals surface area contributed by atoms with Gasteiger partial charge >= 0.3 is 0 Å². The SMILES string of the molecule is CC(C)NC(=O)c1ccc2nc(-c3cc(-c4cnn(C)c4)cnc3N)[nH]c2c1. The quantitative estimate of drug-likeness (QED) is 0.507. The Hall–Kier alpha value is -3.68. The number of carbonyl (C=O) groups excluding carboxylic acids is 1. The van der Waals surface area contributed by atoms with Crippen LogP contribution in [-0.4, -0.2) is 36.7 Å². The number of aryl methyl sites for hydroxylation is 1. The lowest BCUT2D eigenvalue weighted by atomic mass is 10.1. The van der Waals surface area contributed by atoms with Crippen LogP contribution in [0, 0.1) is 0 Å². The minimum Gasteiger partial charge on any atom is -0.383 e. The van der Waals surface area contributed by atoms with Gasteiger partial charge in [-0.1, -0.05) is 0 Å². The summed E-state index contributed by atoms with van der Waals surface area (Å²) in [6, 6.07) is 7.38. The molecule has 0 fully saturated rings. The molecule has 0 saturated heterocycles. The average molecular weight is 375 g/mol. The third-order valence-electron chi connectivity index (χ3n) is 4.38. The first-order valence-electron chi connectivity index (χ1n) is 8.96.